The number of hydrogen-bond donors (Lipinski definition) is 0. The maximum absolute atomic E-state index is 13.6. The van der Waals surface area contributed by atoms with E-state index in [1.165, 1.54) is 12.3 Å². The van der Waals surface area contributed by atoms with E-state index in [0.717, 1.165) is 12.4 Å². The van der Waals surface area contributed by atoms with Gasteiger partial charge in [0, 0.05) is 11.8 Å². The van der Waals surface area contributed by atoms with E-state index in [1.807, 2.05) is 22.6 Å². The molecule has 3 heterocycles. The van der Waals surface area contributed by atoms with Crippen LogP contribution in [0.1, 0.15) is 5.56 Å². The first-order valence-corrected chi connectivity index (χ1v) is 6.49. The van der Waals surface area contributed by atoms with Crippen molar-refractivity contribution < 1.29 is 8.78 Å². The molecule has 0 aliphatic carbocycles. The molecule has 0 N–H and O–H groups in total. The number of pyridine rings is 2. The molecular weight excluding hydrogens is 365 g/mol. The van der Waals surface area contributed by atoms with E-state index < -0.39 is 11.6 Å². The Morgan fingerprint density at radius 2 is 2.11 bits per heavy atom. The maximum Gasteiger partial charge on any atom is 0.159 e. The van der Waals surface area contributed by atoms with E-state index in [1.54, 1.807) is 10.7 Å². The minimum atomic E-state index is -0.417. The summed E-state index contributed by atoms with van der Waals surface area (Å²) in [4.78, 5) is 7.70. The summed E-state index contributed by atoms with van der Waals surface area (Å²) in [6, 6.07) is 2.95. The predicted molar refractivity (Wildman–Crippen MR) is 73.5 cm³/mol. The van der Waals surface area contributed by atoms with Gasteiger partial charge in [0.05, 0.1) is 24.3 Å². The molecule has 0 spiro atoms. The van der Waals surface area contributed by atoms with Gasteiger partial charge in [-0.05, 0) is 34.7 Å². The minimum Gasteiger partial charge on any atom is -0.262 e. The number of fused-ring (bicyclic) bond motifs is 1. The molecule has 19 heavy (non-hydrogen) atoms. The molecule has 0 unspecified atom stereocenters. The van der Waals surface area contributed by atoms with Crippen LogP contribution in [0.25, 0.3) is 11.0 Å². The normalized spacial score (nSPS) is 11.1. The van der Waals surface area contributed by atoms with E-state index in [2.05, 4.69) is 15.1 Å². The average Bonchev–Trinajstić information content (AvgIpc) is 2.69. The number of rotatable bonds is 2. The summed E-state index contributed by atoms with van der Waals surface area (Å²) >= 11 is 2.00. The Morgan fingerprint density at radius 3 is 2.89 bits per heavy atom. The standard InChI is InChI=1S/C12H7F2IN4/c13-8-3-9-11(15)18-19(12(9)17-4-8)6-7-1-2-16-5-10(7)14/h1-5H,6H2. The lowest BCUT2D eigenvalue weighted by Crippen LogP contribution is -2.05. The number of hydrogen-bond acceptors (Lipinski definition) is 3. The number of nitrogens with zero attached hydrogens (tertiary/aromatic N) is 4. The molecule has 0 amide bonds. The van der Waals surface area contributed by atoms with Crippen LogP contribution >= 0.6 is 22.6 Å². The van der Waals surface area contributed by atoms with E-state index in [-0.39, 0.29) is 6.54 Å². The van der Waals surface area contributed by atoms with Crippen molar-refractivity contribution in [3.05, 3.63) is 51.6 Å². The molecule has 3 aromatic rings. The summed E-state index contributed by atoms with van der Waals surface area (Å²) < 4.78 is 28.9. The molecule has 4 nitrogen and oxygen atoms in total. The molecule has 0 saturated carbocycles. The summed E-state index contributed by atoms with van der Waals surface area (Å²) in [6.07, 6.45) is 3.79. The fourth-order valence-corrected chi connectivity index (χ4v) is 2.46. The molecule has 0 aliphatic heterocycles. The van der Waals surface area contributed by atoms with Crippen molar-refractivity contribution in [2.45, 2.75) is 6.54 Å². The van der Waals surface area contributed by atoms with Crippen LogP contribution in [0.3, 0.4) is 0 Å². The molecule has 3 aromatic heterocycles. The van der Waals surface area contributed by atoms with Crippen molar-refractivity contribution in [1.82, 2.24) is 19.7 Å². The van der Waals surface area contributed by atoms with Crippen molar-refractivity contribution in [1.29, 1.82) is 0 Å². The van der Waals surface area contributed by atoms with Gasteiger partial charge in [0.2, 0.25) is 0 Å². The number of aromatic nitrogens is 4. The minimum absolute atomic E-state index is 0.229. The lowest BCUT2D eigenvalue weighted by molar-refractivity contribution is 0.582. The van der Waals surface area contributed by atoms with E-state index >= 15 is 0 Å². The van der Waals surface area contributed by atoms with Gasteiger partial charge < -0.3 is 0 Å². The molecule has 0 saturated heterocycles. The molecule has 0 fully saturated rings. The van der Waals surface area contributed by atoms with Crippen LogP contribution in [0, 0.1) is 15.3 Å². The van der Waals surface area contributed by atoms with Crippen LogP contribution < -0.4 is 0 Å². The quantitative estimate of drug-likeness (QED) is 0.650. The van der Waals surface area contributed by atoms with Gasteiger partial charge in [-0.3, -0.25) is 4.98 Å². The van der Waals surface area contributed by atoms with Crippen molar-refractivity contribution in [3.8, 4) is 0 Å². The fraction of sp³-hybridized carbons (Fsp3) is 0.0833. The average molecular weight is 372 g/mol. The lowest BCUT2D eigenvalue weighted by Gasteiger charge is -2.03. The van der Waals surface area contributed by atoms with Crippen LogP contribution in [-0.2, 0) is 6.54 Å². The summed E-state index contributed by atoms with van der Waals surface area (Å²) in [5, 5.41) is 4.87. The Hall–Kier alpha value is -1.64. The molecule has 3 rings (SSSR count). The third-order valence-corrected chi connectivity index (χ3v) is 3.48. The summed E-state index contributed by atoms with van der Waals surface area (Å²) in [7, 11) is 0. The predicted octanol–water partition coefficient (Wildman–Crippen LogP) is 2.76. The van der Waals surface area contributed by atoms with Crippen LogP contribution in [0.15, 0.2) is 30.7 Å². The highest BCUT2D eigenvalue weighted by molar-refractivity contribution is 14.1. The zero-order valence-corrected chi connectivity index (χ0v) is 11.7. The molecule has 0 atom stereocenters. The summed E-state index contributed by atoms with van der Waals surface area (Å²) in [6.45, 7) is 0.229. The molecule has 0 aromatic carbocycles. The second kappa shape index (κ2) is 4.80. The molecule has 0 bridgehead atoms. The van der Waals surface area contributed by atoms with Crippen LogP contribution in [0.2, 0.25) is 0 Å². The Bertz CT molecular complexity index is 757. The third kappa shape index (κ3) is 2.29. The van der Waals surface area contributed by atoms with E-state index in [9.17, 15) is 8.78 Å². The van der Waals surface area contributed by atoms with Gasteiger partial charge in [-0.25, -0.2) is 18.4 Å². The second-order valence-electron chi connectivity index (χ2n) is 3.94. The van der Waals surface area contributed by atoms with Crippen molar-refractivity contribution in [2.24, 2.45) is 0 Å². The van der Waals surface area contributed by atoms with Crippen LogP contribution in [0.5, 0.6) is 0 Å². The summed E-state index contributed by atoms with van der Waals surface area (Å²) in [5.41, 5.74) is 0.990. The Balaban J connectivity index is 2.09. The van der Waals surface area contributed by atoms with Crippen LogP contribution in [0.4, 0.5) is 8.78 Å². The van der Waals surface area contributed by atoms with Crippen LogP contribution in [-0.4, -0.2) is 19.7 Å². The highest BCUT2D eigenvalue weighted by Gasteiger charge is 2.12. The van der Waals surface area contributed by atoms with Crippen molar-refractivity contribution >= 4 is 33.6 Å². The molecule has 0 aliphatic rings. The summed E-state index contributed by atoms with van der Waals surface area (Å²) in [5.74, 6) is -0.816. The SMILES string of the molecule is Fc1cnc2c(c1)c(I)nn2Cc1ccncc1F. The maximum atomic E-state index is 13.6. The number of halogens is 3. The van der Waals surface area contributed by atoms with Gasteiger partial charge in [-0.2, -0.15) is 5.10 Å². The first-order valence-electron chi connectivity index (χ1n) is 5.41. The first-order chi connectivity index (χ1) is 9.15. The lowest BCUT2D eigenvalue weighted by atomic mass is 10.2. The molecule has 7 heteroatoms. The van der Waals surface area contributed by atoms with E-state index in [4.69, 9.17) is 0 Å². The smallest absolute Gasteiger partial charge is 0.159 e. The fourth-order valence-electron chi connectivity index (χ4n) is 1.80. The van der Waals surface area contributed by atoms with Gasteiger partial charge >= 0.3 is 0 Å². The monoisotopic (exact) mass is 372 g/mol. The zero-order valence-electron chi connectivity index (χ0n) is 9.52. The molecule has 0 radical (unpaired) electrons. The van der Waals surface area contributed by atoms with Gasteiger partial charge in [-0.1, -0.05) is 0 Å². The van der Waals surface area contributed by atoms with Crippen molar-refractivity contribution in [2.75, 3.05) is 0 Å². The molecule has 96 valence electrons. The largest absolute Gasteiger partial charge is 0.262 e. The third-order valence-electron chi connectivity index (χ3n) is 2.69. The molecular formula is C12H7F2IN4. The topological polar surface area (TPSA) is 43.6 Å². The highest BCUT2D eigenvalue weighted by Crippen LogP contribution is 2.20. The van der Waals surface area contributed by atoms with Gasteiger partial charge in [0.15, 0.2) is 5.65 Å². The Labute approximate surface area is 120 Å². The Kier molecular flexibility index (Phi) is 3.13. The highest BCUT2D eigenvalue weighted by atomic mass is 127. The van der Waals surface area contributed by atoms with Gasteiger partial charge in [-0.15, -0.1) is 0 Å². The van der Waals surface area contributed by atoms with Crippen molar-refractivity contribution in [3.63, 3.8) is 0 Å². The Morgan fingerprint density at radius 1 is 1.26 bits per heavy atom. The van der Waals surface area contributed by atoms with E-state index in [0.29, 0.717) is 20.3 Å². The van der Waals surface area contributed by atoms with Gasteiger partial charge in [0.25, 0.3) is 0 Å². The first kappa shape index (κ1) is 12.4. The second-order valence-corrected chi connectivity index (χ2v) is 4.96. The zero-order chi connectivity index (χ0) is 13.4. The van der Waals surface area contributed by atoms with Gasteiger partial charge in [0.1, 0.15) is 15.3 Å².